The van der Waals surface area contributed by atoms with Crippen molar-refractivity contribution in [1.82, 2.24) is 5.48 Å². The van der Waals surface area contributed by atoms with Crippen LogP contribution in [0.25, 0.3) is 0 Å². The average Bonchev–Trinajstić information content (AvgIpc) is 2.16. The molecule has 0 rings (SSSR count). The molecule has 1 unspecified atom stereocenters. The second-order valence-corrected chi connectivity index (χ2v) is 3.26. The minimum atomic E-state index is -1.26. The van der Waals surface area contributed by atoms with Crippen LogP contribution in [0.2, 0.25) is 0 Å². The van der Waals surface area contributed by atoms with E-state index in [-0.39, 0.29) is 12.8 Å². The van der Waals surface area contributed by atoms with E-state index in [0.29, 0.717) is 0 Å². The lowest BCUT2D eigenvalue weighted by Gasteiger charge is -2.10. The molecule has 0 aromatic carbocycles. The summed E-state index contributed by atoms with van der Waals surface area (Å²) in [5, 5.41) is 16.7. The molecule has 2 atom stereocenters. The van der Waals surface area contributed by atoms with Gasteiger partial charge in [-0.3, -0.25) is 19.6 Å². The molecule has 1 amide bonds. The third-order valence-electron chi connectivity index (χ3n) is 1.90. The summed E-state index contributed by atoms with van der Waals surface area (Å²) in [5.74, 6) is -3.04. The Kier molecular flexibility index (Phi) is 5.50. The van der Waals surface area contributed by atoms with Crippen LogP contribution in [0.3, 0.4) is 0 Å². The molecule has 0 saturated heterocycles. The zero-order valence-corrected chi connectivity index (χ0v) is 8.27. The van der Waals surface area contributed by atoms with E-state index < -0.39 is 29.6 Å². The lowest BCUT2D eigenvalue weighted by Crippen LogP contribution is -2.35. The van der Waals surface area contributed by atoms with E-state index in [1.165, 1.54) is 12.4 Å². The summed E-state index contributed by atoms with van der Waals surface area (Å²) in [5.41, 5.74) is 6.54. The molecule has 7 heteroatoms. The number of hydroxylamine groups is 1. The number of Topliss-reactive ketones (excluding diaryl/α,β-unsaturated/α-hetero) is 1. The lowest BCUT2D eigenvalue weighted by atomic mass is 9.97. The first-order valence-corrected chi connectivity index (χ1v) is 4.32. The molecule has 0 heterocycles. The molecule has 15 heavy (non-hydrogen) atoms. The summed E-state index contributed by atoms with van der Waals surface area (Å²) in [6.07, 6.45) is -0.517. The minimum absolute atomic E-state index is 0.193. The van der Waals surface area contributed by atoms with Gasteiger partial charge < -0.3 is 10.8 Å². The molecule has 86 valence electrons. The predicted molar refractivity (Wildman–Crippen MR) is 48.9 cm³/mol. The van der Waals surface area contributed by atoms with E-state index in [0.717, 1.165) is 0 Å². The number of nitrogens with two attached hydrogens (primary N) is 1. The molecular formula is C8H14N2O5. The molecule has 7 nitrogen and oxygen atoms in total. The number of carboxylic acids is 1. The highest BCUT2D eigenvalue weighted by Gasteiger charge is 2.22. The first kappa shape index (κ1) is 13.5. The van der Waals surface area contributed by atoms with Gasteiger partial charge in [0.25, 0.3) is 0 Å². The maximum absolute atomic E-state index is 11.3. The van der Waals surface area contributed by atoms with Gasteiger partial charge in [0.05, 0.1) is 0 Å². The topological polar surface area (TPSA) is 130 Å². The maximum atomic E-state index is 11.3. The molecule has 0 aromatic heterocycles. The van der Waals surface area contributed by atoms with Crippen LogP contribution in [0, 0.1) is 5.92 Å². The van der Waals surface area contributed by atoms with Crippen molar-refractivity contribution in [3.8, 4) is 0 Å². The summed E-state index contributed by atoms with van der Waals surface area (Å²) >= 11 is 0. The van der Waals surface area contributed by atoms with Crippen LogP contribution in [-0.2, 0) is 14.4 Å². The summed E-state index contributed by atoms with van der Waals surface area (Å²) in [6.45, 7) is 1.46. The van der Waals surface area contributed by atoms with Crippen molar-refractivity contribution >= 4 is 17.7 Å². The highest BCUT2D eigenvalue weighted by Crippen LogP contribution is 2.07. The Morgan fingerprint density at radius 2 is 1.87 bits per heavy atom. The molecule has 0 fully saturated rings. The average molecular weight is 218 g/mol. The van der Waals surface area contributed by atoms with Gasteiger partial charge in [-0.25, -0.2) is 5.48 Å². The molecule has 0 aromatic rings. The van der Waals surface area contributed by atoms with Gasteiger partial charge in [-0.1, -0.05) is 6.92 Å². The van der Waals surface area contributed by atoms with Crippen LogP contribution in [-0.4, -0.2) is 34.0 Å². The predicted octanol–water partition coefficient (Wildman–Crippen LogP) is -1.11. The third kappa shape index (κ3) is 5.08. The highest BCUT2D eigenvalue weighted by atomic mass is 16.5. The third-order valence-corrected chi connectivity index (χ3v) is 1.90. The van der Waals surface area contributed by atoms with E-state index in [4.69, 9.17) is 16.0 Å². The van der Waals surface area contributed by atoms with Gasteiger partial charge >= 0.3 is 5.97 Å². The molecule has 0 saturated carbocycles. The van der Waals surface area contributed by atoms with Crippen LogP contribution >= 0.6 is 0 Å². The Hall–Kier alpha value is -1.47. The van der Waals surface area contributed by atoms with Crippen LogP contribution in [0.4, 0.5) is 0 Å². The molecule has 0 radical (unpaired) electrons. The Morgan fingerprint density at radius 3 is 2.27 bits per heavy atom. The van der Waals surface area contributed by atoms with E-state index in [9.17, 15) is 14.4 Å². The van der Waals surface area contributed by atoms with E-state index in [2.05, 4.69) is 0 Å². The number of aliphatic carboxylic acids is 1. The fourth-order valence-corrected chi connectivity index (χ4v) is 0.943. The standard InChI is InChI=1S/C8H14N2O5/c1-4(2-7(12)10-15)6(11)3-5(9)8(13)14/h4-5,15H,2-3,9H2,1H3,(H,10,12)(H,13,14)/t4?,5-/m0/s1. The van der Waals surface area contributed by atoms with Gasteiger partial charge in [0, 0.05) is 18.8 Å². The molecular weight excluding hydrogens is 204 g/mol. The second kappa shape index (κ2) is 6.10. The van der Waals surface area contributed by atoms with Crippen LogP contribution in [0.1, 0.15) is 19.8 Å². The van der Waals surface area contributed by atoms with Crippen LogP contribution in [0.5, 0.6) is 0 Å². The van der Waals surface area contributed by atoms with Gasteiger partial charge in [-0.05, 0) is 0 Å². The van der Waals surface area contributed by atoms with Crippen LogP contribution < -0.4 is 11.2 Å². The summed E-state index contributed by atoms with van der Waals surface area (Å²) in [6, 6.07) is -1.25. The fourth-order valence-electron chi connectivity index (χ4n) is 0.943. The first-order valence-electron chi connectivity index (χ1n) is 4.32. The number of ketones is 1. The summed E-state index contributed by atoms with van der Waals surface area (Å²) in [7, 11) is 0. The number of hydrogen-bond acceptors (Lipinski definition) is 5. The first-order chi connectivity index (χ1) is 6.88. The maximum Gasteiger partial charge on any atom is 0.320 e. The van der Waals surface area contributed by atoms with Gasteiger partial charge in [-0.2, -0.15) is 0 Å². The molecule has 0 aliphatic heterocycles. The second-order valence-electron chi connectivity index (χ2n) is 3.26. The highest BCUT2D eigenvalue weighted by molar-refractivity contribution is 5.89. The quantitative estimate of drug-likeness (QED) is 0.330. The fraction of sp³-hybridized carbons (Fsp3) is 0.625. The monoisotopic (exact) mass is 218 g/mol. The Morgan fingerprint density at radius 1 is 1.33 bits per heavy atom. The number of carboxylic acid groups (broad SMARTS) is 1. The van der Waals surface area contributed by atoms with E-state index in [1.54, 1.807) is 0 Å². The smallest absolute Gasteiger partial charge is 0.320 e. The Labute approximate surface area is 86.2 Å². The van der Waals surface area contributed by atoms with Crippen molar-refractivity contribution in [2.45, 2.75) is 25.8 Å². The zero-order chi connectivity index (χ0) is 12.0. The Balaban J connectivity index is 4.10. The molecule has 0 spiro atoms. The van der Waals surface area contributed by atoms with Crippen molar-refractivity contribution in [2.75, 3.05) is 0 Å². The van der Waals surface area contributed by atoms with Crippen molar-refractivity contribution < 1.29 is 24.7 Å². The molecule has 0 aliphatic rings. The normalized spacial score (nSPS) is 14.1. The van der Waals surface area contributed by atoms with Crippen molar-refractivity contribution in [3.05, 3.63) is 0 Å². The zero-order valence-electron chi connectivity index (χ0n) is 8.27. The number of carbonyl (C=O) groups excluding carboxylic acids is 2. The van der Waals surface area contributed by atoms with E-state index in [1.807, 2.05) is 0 Å². The van der Waals surface area contributed by atoms with Gasteiger partial charge in [0.2, 0.25) is 5.91 Å². The molecule has 5 N–H and O–H groups in total. The number of rotatable bonds is 6. The van der Waals surface area contributed by atoms with Gasteiger partial charge in [0.1, 0.15) is 11.8 Å². The number of carbonyl (C=O) groups is 3. The molecule has 0 aliphatic carbocycles. The number of amides is 1. The lowest BCUT2D eigenvalue weighted by molar-refractivity contribution is -0.140. The Bertz CT molecular complexity index is 266. The largest absolute Gasteiger partial charge is 0.480 e. The SMILES string of the molecule is CC(CC(=O)NO)C(=O)C[C@H](N)C(=O)O. The van der Waals surface area contributed by atoms with Crippen LogP contribution in [0.15, 0.2) is 0 Å². The molecule has 0 bridgehead atoms. The minimum Gasteiger partial charge on any atom is -0.480 e. The summed E-state index contributed by atoms with van der Waals surface area (Å²) < 4.78 is 0. The van der Waals surface area contributed by atoms with Gasteiger partial charge in [-0.15, -0.1) is 0 Å². The van der Waals surface area contributed by atoms with Crippen molar-refractivity contribution in [3.63, 3.8) is 0 Å². The van der Waals surface area contributed by atoms with Crippen molar-refractivity contribution in [1.29, 1.82) is 0 Å². The number of hydrogen-bond donors (Lipinski definition) is 4. The van der Waals surface area contributed by atoms with E-state index >= 15 is 0 Å². The van der Waals surface area contributed by atoms with Crippen molar-refractivity contribution in [2.24, 2.45) is 11.7 Å². The summed E-state index contributed by atoms with van der Waals surface area (Å²) in [4.78, 5) is 32.3. The van der Waals surface area contributed by atoms with Gasteiger partial charge in [0.15, 0.2) is 0 Å². The number of nitrogens with one attached hydrogen (secondary N) is 1.